The van der Waals surface area contributed by atoms with E-state index in [-0.39, 0.29) is 18.1 Å². The van der Waals surface area contributed by atoms with Crippen molar-refractivity contribution in [1.29, 1.82) is 0 Å². The van der Waals surface area contributed by atoms with Gasteiger partial charge in [0, 0.05) is 6.54 Å². The molecule has 1 N–H and O–H groups in total. The Morgan fingerprint density at radius 2 is 2.05 bits per heavy atom. The van der Waals surface area contributed by atoms with E-state index in [2.05, 4.69) is 12.2 Å². The Balaban J connectivity index is 1.74. The summed E-state index contributed by atoms with van der Waals surface area (Å²) in [5.74, 6) is 0.227. The first-order chi connectivity index (χ1) is 9.22. The maximum absolute atomic E-state index is 12.1. The average Bonchev–Trinajstić information content (AvgIpc) is 2.68. The highest BCUT2D eigenvalue weighted by Crippen LogP contribution is 2.20. The molecule has 2 aliphatic rings. The molecule has 0 aromatic carbocycles. The van der Waals surface area contributed by atoms with E-state index in [1.165, 1.54) is 32.1 Å². The van der Waals surface area contributed by atoms with Gasteiger partial charge in [-0.2, -0.15) is 0 Å². The van der Waals surface area contributed by atoms with Gasteiger partial charge in [-0.15, -0.1) is 0 Å². The maximum atomic E-state index is 12.1. The number of carbonyl (C=O) groups is 1. The molecule has 19 heavy (non-hydrogen) atoms. The minimum atomic E-state index is -0.0359. The Kier molecular flexibility index (Phi) is 5.64. The Morgan fingerprint density at radius 1 is 1.32 bits per heavy atom. The third kappa shape index (κ3) is 3.93. The monoisotopic (exact) mass is 268 g/mol. The Morgan fingerprint density at radius 3 is 2.74 bits per heavy atom. The summed E-state index contributed by atoms with van der Waals surface area (Å²) in [4.78, 5) is 14.0. The molecule has 110 valence electrons. The van der Waals surface area contributed by atoms with Gasteiger partial charge in [0.05, 0.1) is 24.9 Å². The lowest BCUT2D eigenvalue weighted by Crippen LogP contribution is -2.39. The quantitative estimate of drug-likeness (QED) is 0.803. The highest BCUT2D eigenvalue weighted by molar-refractivity contribution is 5.83. The fourth-order valence-corrected chi connectivity index (χ4v) is 3.18. The van der Waals surface area contributed by atoms with Crippen LogP contribution in [0.15, 0.2) is 0 Å². The van der Waals surface area contributed by atoms with Gasteiger partial charge in [-0.25, -0.2) is 0 Å². The van der Waals surface area contributed by atoms with E-state index < -0.39 is 0 Å². The van der Waals surface area contributed by atoms with Crippen LogP contribution >= 0.6 is 0 Å². The smallest absolute Gasteiger partial charge is 0.240 e. The molecule has 2 atom stereocenters. The number of amides is 1. The lowest BCUT2D eigenvalue weighted by molar-refractivity contribution is -0.131. The first-order valence-corrected chi connectivity index (χ1v) is 7.90. The van der Waals surface area contributed by atoms with Gasteiger partial charge in [0.2, 0.25) is 5.91 Å². The molecule has 0 spiro atoms. The van der Waals surface area contributed by atoms with Crippen molar-refractivity contribution in [3.05, 3.63) is 0 Å². The van der Waals surface area contributed by atoms with Gasteiger partial charge >= 0.3 is 0 Å². The van der Waals surface area contributed by atoms with E-state index in [9.17, 15) is 4.79 Å². The van der Waals surface area contributed by atoms with E-state index in [4.69, 9.17) is 4.74 Å². The second-order valence-electron chi connectivity index (χ2n) is 5.86. The molecule has 4 heteroatoms. The van der Waals surface area contributed by atoms with Crippen molar-refractivity contribution < 1.29 is 9.53 Å². The zero-order chi connectivity index (χ0) is 13.7. The third-order valence-corrected chi connectivity index (χ3v) is 4.27. The Hall–Kier alpha value is -0.610. The number of hydrogen-bond donors (Lipinski definition) is 1. The molecule has 4 nitrogen and oxygen atoms in total. The highest BCUT2D eigenvalue weighted by atomic mass is 16.5. The van der Waals surface area contributed by atoms with Crippen LogP contribution in [0.2, 0.25) is 0 Å². The van der Waals surface area contributed by atoms with Crippen LogP contribution in [0.25, 0.3) is 0 Å². The molecule has 1 saturated carbocycles. The van der Waals surface area contributed by atoms with E-state index in [1.807, 2.05) is 11.8 Å². The summed E-state index contributed by atoms with van der Waals surface area (Å²) in [6.45, 7) is 5.53. The van der Waals surface area contributed by atoms with E-state index in [0.29, 0.717) is 12.7 Å². The molecule has 2 fully saturated rings. The van der Waals surface area contributed by atoms with Crippen molar-refractivity contribution >= 4 is 5.91 Å². The van der Waals surface area contributed by atoms with Crippen LogP contribution in [0, 0.1) is 0 Å². The molecule has 2 unspecified atom stereocenters. The molecule has 0 aromatic heterocycles. The van der Waals surface area contributed by atoms with E-state index >= 15 is 0 Å². The third-order valence-electron chi connectivity index (χ3n) is 4.27. The molecule has 1 saturated heterocycles. The molecule has 1 amide bonds. The highest BCUT2D eigenvalue weighted by Gasteiger charge is 2.35. The fourth-order valence-electron chi connectivity index (χ4n) is 3.18. The minimum Gasteiger partial charge on any atom is -0.376 e. The summed E-state index contributed by atoms with van der Waals surface area (Å²) in [5.41, 5.74) is 0. The lowest BCUT2D eigenvalue weighted by atomic mass is 9.98. The van der Waals surface area contributed by atoms with Gasteiger partial charge in [-0.3, -0.25) is 10.1 Å². The number of nitrogens with zero attached hydrogens (tertiary/aromatic N) is 1. The van der Waals surface area contributed by atoms with Crippen LogP contribution < -0.4 is 5.32 Å². The largest absolute Gasteiger partial charge is 0.376 e. The van der Waals surface area contributed by atoms with Crippen LogP contribution in [0.1, 0.15) is 58.8 Å². The van der Waals surface area contributed by atoms with Crippen LogP contribution in [-0.2, 0) is 9.53 Å². The fraction of sp³-hybridized carbons (Fsp3) is 0.933. The molecule has 1 aliphatic carbocycles. The predicted molar refractivity (Wildman–Crippen MR) is 75.8 cm³/mol. The van der Waals surface area contributed by atoms with Crippen LogP contribution in [0.3, 0.4) is 0 Å². The van der Waals surface area contributed by atoms with Gasteiger partial charge in [0.25, 0.3) is 0 Å². The second-order valence-corrected chi connectivity index (χ2v) is 5.86. The molecular weight excluding hydrogens is 240 g/mol. The van der Waals surface area contributed by atoms with Crippen molar-refractivity contribution in [2.24, 2.45) is 0 Å². The summed E-state index contributed by atoms with van der Waals surface area (Å²) < 4.78 is 5.93. The molecular formula is C15H28N2O2. The minimum absolute atomic E-state index is 0.0359. The van der Waals surface area contributed by atoms with Crippen molar-refractivity contribution in [3.8, 4) is 0 Å². The predicted octanol–water partition coefficient (Wildman–Crippen LogP) is 2.28. The van der Waals surface area contributed by atoms with Gasteiger partial charge in [0.15, 0.2) is 0 Å². The molecule has 2 rings (SSSR count). The summed E-state index contributed by atoms with van der Waals surface area (Å²) in [6.07, 6.45) is 9.10. The second kappa shape index (κ2) is 7.25. The topological polar surface area (TPSA) is 41.6 Å². The average molecular weight is 268 g/mol. The van der Waals surface area contributed by atoms with Crippen molar-refractivity contribution in [1.82, 2.24) is 10.2 Å². The van der Waals surface area contributed by atoms with E-state index in [1.54, 1.807) is 0 Å². The number of rotatable bonds is 6. The zero-order valence-corrected chi connectivity index (χ0v) is 12.4. The van der Waals surface area contributed by atoms with Gasteiger partial charge in [0.1, 0.15) is 0 Å². The molecule has 1 heterocycles. The maximum Gasteiger partial charge on any atom is 0.240 e. The summed E-state index contributed by atoms with van der Waals surface area (Å²) in [6, 6.07) is -0.0359. The van der Waals surface area contributed by atoms with E-state index in [0.717, 1.165) is 19.4 Å². The van der Waals surface area contributed by atoms with Gasteiger partial charge < -0.3 is 9.64 Å². The van der Waals surface area contributed by atoms with Gasteiger partial charge in [-0.1, -0.05) is 32.6 Å². The zero-order valence-electron chi connectivity index (χ0n) is 12.4. The molecule has 0 aromatic rings. The Bertz CT molecular complexity index is 290. The van der Waals surface area contributed by atoms with Crippen LogP contribution in [-0.4, -0.2) is 42.3 Å². The Labute approximate surface area is 116 Å². The molecule has 0 radical (unpaired) electrons. The summed E-state index contributed by atoms with van der Waals surface area (Å²) >= 11 is 0. The van der Waals surface area contributed by atoms with Crippen molar-refractivity contribution in [2.45, 2.75) is 77.1 Å². The number of carbonyl (C=O) groups excluding carboxylic acids is 1. The summed E-state index contributed by atoms with van der Waals surface area (Å²) in [5, 5.41) is 3.36. The first-order valence-electron chi connectivity index (χ1n) is 7.90. The first kappa shape index (κ1) is 14.8. The SMILES string of the molecule is CCCC1NC(C)C(=O)N1CCOC1CCCCC1. The van der Waals surface area contributed by atoms with Gasteiger partial charge in [-0.05, 0) is 26.2 Å². The number of hydrogen-bond acceptors (Lipinski definition) is 3. The summed E-state index contributed by atoms with van der Waals surface area (Å²) in [7, 11) is 0. The van der Waals surface area contributed by atoms with Crippen molar-refractivity contribution in [2.75, 3.05) is 13.2 Å². The number of ether oxygens (including phenoxy) is 1. The van der Waals surface area contributed by atoms with Crippen LogP contribution in [0.5, 0.6) is 0 Å². The normalized spacial score (nSPS) is 29.2. The molecule has 0 bridgehead atoms. The lowest BCUT2D eigenvalue weighted by Gasteiger charge is -2.26. The van der Waals surface area contributed by atoms with Crippen molar-refractivity contribution in [3.63, 3.8) is 0 Å². The van der Waals surface area contributed by atoms with Crippen LogP contribution in [0.4, 0.5) is 0 Å². The molecule has 1 aliphatic heterocycles. The number of nitrogens with one attached hydrogen (secondary N) is 1. The standard InChI is InChI=1S/C15H28N2O2/c1-3-7-14-16-12(2)15(18)17(14)10-11-19-13-8-5-4-6-9-13/h12-14,16H,3-11H2,1-2H3.